The molecule has 0 amide bonds. The fraction of sp³-hybridized carbons (Fsp3) is 0.357. The summed E-state index contributed by atoms with van der Waals surface area (Å²) in [6, 6.07) is 9.15. The van der Waals surface area contributed by atoms with Crippen LogP contribution in [0.3, 0.4) is 0 Å². The Hall–Kier alpha value is -1.70. The number of benzene rings is 1. The van der Waals surface area contributed by atoms with Crippen molar-refractivity contribution in [3.63, 3.8) is 0 Å². The Labute approximate surface area is 125 Å². The highest BCUT2D eigenvalue weighted by molar-refractivity contribution is 7.88. The maximum absolute atomic E-state index is 12.0. The summed E-state index contributed by atoms with van der Waals surface area (Å²) in [7, 11) is -1.50. The van der Waals surface area contributed by atoms with Gasteiger partial charge in [0, 0.05) is 32.8 Å². The SMILES string of the molecule is Cn1ccc(CCNS(=O)(=O)Cc2ccc(CN)cc2)n1. The lowest BCUT2D eigenvalue weighted by molar-refractivity contribution is 0.580. The van der Waals surface area contributed by atoms with Crippen LogP contribution in [0.2, 0.25) is 0 Å². The van der Waals surface area contributed by atoms with Gasteiger partial charge in [-0.05, 0) is 17.2 Å². The zero-order chi connectivity index (χ0) is 15.3. The highest BCUT2D eigenvalue weighted by Gasteiger charge is 2.11. The molecule has 0 saturated carbocycles. The van der Waals surface area contributed by atoms with Gasteiger partial charge in [0.05, 0.1) is 11.4 Å². The molecule has 0 unspecified atom stereocenters. The van der Waals surface area contributed by atoms with E-state index in [4.69, 9.17) is 5.73 Å². The minimum absolute atomic E-state index is 0.0277. The number of rotatable bonds is 7. The quantitative estimate of drug-likeness (QED) is 0.781. The van der Waals surface area contributed by atoms with E-state index in [0.29, 0.717) is 19.5 Å². The first-order valence-electron chi connectivity index (χ1n) is 6.72. The molecule has 3 N–H and O–H groups in total. The Balaban J connectivity index is 1.86. The molecular formula is C14H20N4O2S. The molecule has 6 nitrogen and oxygen atoms in total. The molecule has 7 heteroatoms. The first-order valence-corrected chi connectivity index (χ1v) is 8.37. The summed E-state index contributed by atoms with van der Waals surface area (Å²) in [5.74, 6) is -0.0277. The van der Waals surface area contributed by atoms with Crippen molar-refractivity contribution in [2.24, 2.45) is 12.8 Å². The van der Waals surface area contributed by atoms with Gasteiger partial charge in [-0.3, -0.25) is 4.68 Å². The minimum Gasteiger partial charge on any atom is -0.326 e. The summed E-state index contributed by atoms with van der Waals surface area (Å²) in [4.78, 5) is 0. The van der Waals surface area contributed by atoms with E-state index in [-0.39, 0.29) is 5.75 Å². The van der Waals surface area contributed by atoms with Crippen LogP contribution in [0, 0.1) is 0 Å². The Kier molecular flexibility index (Phi) is 5.11. The van der Waals surface area contributed by atoms with E-state index in [1.807, 2.05) is 31.4 Å². The summed E-state index contributed by atoms with van der Waals surface area (Å²) >= 11 is 0. The predicted molar refractivity (Wildman–Crippen MR) is 81.9 cm³/mol. The van der Waals surface area contributed by atoms with Crippen molar-refractivity contribution >= 4 is 10.0 Å². The number of nitrogens with zero attached hydrogens (tertiary/aromatic N) is 2. The first kappa shape index (κ1) is 15.7. The zero-order valence-corrected chi connectivity index (χ0v) is 12.8. The van der Waals surface area contributed by atoms with Crippen LogP contribution in [0.1, 0.15) is 16.8 Å². The standard InChI is InChI=1S/C14H20N4O2S/c1-18-9-7-14(17-18)6-8-16-21(19,20)11-13-4-2-12(10-15)3-5-13/h2-5,7,9,16H,6,8,10-11,15H2,1H3. The van der Waals surface area contributed by atoms with Gasteiger partial charge >= 0.3 is 0 Å². The summed E-state index contributed by atoms with van der Waals surface area (Å²) in [5, 5.41) is 4.20. The Morgan fingerprint density at radius 2 is 1.86 bits per heavy atom. The molecule has 2 rings (SSSR count). The molecule has 0 aliphatic heterocycles. The molecule has 114 valence electrons. The molecule has 0 aliphatic rings. The van der Waals surface area contributed by atoms with Crippen LogP contribution < -0.4 is 10.5 Å². The average Bonchev–Trinajstić information content (AvgIpc) is 2.84. The second kappa shape index (κ2) is 6.84. The second-order valence-corrected chi connectivity index (χ2v) is 6.71. The van der Waals surface area contributed by atoms with Crippen molar-refractivity contribution < 1.29 is 8.42 Å². The first-order chi connectivity index (χ1) is 9.98. The molecule has 0 spiro atoms. The van der Waals surface area contributed by atoms with Crippen LogP contribution in [0.4, 0.5) is 0 Å². The molecule has 0 saturated heterocycles. The van der Waals surface area contributed by atoms with E-state index >= 15 is 0 Å². The van der Waals surface area contributed by atoms with Crippen LogP contribution in [0.25, 0.3) is 0 Å². The van der Waals surface area contributed by atoms with Crippen molar-refractivity contribution in [3.05, 3.63) is 53.3 Å². The molecule has 0 fully saturated rings. The van der Waals surface area contributed by atoms with E-state index in [1.54, 1.807) is 16.8 Å². The van der Waals surface area contributed by atoms with Crippen LogP contribution in [-0.2, 0) is 35.8 Å². The Morgan fingerprint density at radius 3 is 2.43 bits per heavy atom. The van der Waals surface area contributed by atoms with Gasteiger partial charge in [0.2, 0.25) is 10.0 Å². The lowest BCUT2D eigenvalue weighted by Gasteiger charge is -2.06. The fourth-order valence-electron chi connectivity index (χ4n) is 1.97. The number of hydrogen-bond acceptors (Lipinski definition) is 4. The smallest absolute Gasteiger partial charge is 0.215 e. The molecule has 1 heterocycles. The van der Waals surface area contributed by atoms with E-state index in [0.717, 1.165) is 16.8 Å². The molecular weight excluding hydrogens is 288 g/mol. The van der Waals surface area contributed by atoms with Crippen LogP contribution >= 0.6 is 0 Å². The third kappa shape index (κ3) is 4.96. The molecule has 1 aromatic carbocycles. The van der Waals surface area contributed by atoms with Crippen molar-refractivity contribution in [2.75, 3.05) is 6.54 Å². The monoisotopic (exact) mass is 308 g/mol. The lowest BCUT2D eigenvalue weighted by Crippen LogP contribution is -2.27. The van der Waals surface area contributed by atoms with E-state index in [2.05, 4.69) is 9.82 Å². The van der Waals surface area contributed by atoms with Crippen LogP contribution in [-0.4, -0.2) is 24.7 Å². The summed E-state index contributed by atoms with van der Waals surface area (Å²) in [6.07, 6.45) is 2.41. The fourth-order valence-corrected chi connectivity index (χ4v) is 3.12. The minimum atomic E-state index is -3.33. The maximum Gasteiger partial charge on any atom is 0.215 e. The van der Waals surface area contributed by atoms with Gasteiger partial charge in [-0.15, -0.1) is 0 Å². The number of hydrogen-bond donors (Lipinski definition) is 2. The molecule has 1 aromatic heterocycles. The van der Waals surface area contributed by atoms with E-state index in [1.165, 1.54) is 0 Å². The predicted octanol–water partition coefficient (Wildman–Crippen LogP) is 0.541. The Morgan fingerprint density at radius 1 is 1.19 bits per heavy atom. The van der Waals surface area contributed by atoms with Crippen molar-refractivity contribution in [1.29, 1.82) is 0 Å². The van der Waals surface area contributed by atoms with Crippen molar-refractivity contribution in [1.82, 2.24) is 14.5 Å². The average molecular weight is 308 g/mol. The third-order valence-corrected chi connectivity index (χ3v) is 4.44. The number of nitrogens with two attached hydrogens (primary N) is 1. The lowest BCUT2D eigenvalue weighted by atomic mass is 10.1. The largest absolute Gasteiger partial charge is 0.326 e. The topological polar surface area (TPSA) is 90.0 Å². The van der Waals surface area contributed by atoms with Crippen molar-refractivity contribution in [2.45, 2.75) is 18.7 Å². The van der Waals surface area contributed by atoms with Crippen LogP contribution in [0.5, 0.6) is 0 Å². The van der Waals surface area contributed by atoms with Gasteiger partial charge in [0.15, 0.2) is 0 Å². The summed E-state index contributed by atoms with van der Waals surface area (Å²) < 4.78 is 28.3. The van der Waals surface area contributed by atoms with Gasteiger partial charge in [-0.2, -0.15) is 5.10 Å². The molecule has 2 aromatic rings. The number of aromatic nitrogens is 2. The molecule has 21 heavy (non-hydrogen) atoms. The van der Waals surface area contributed by atoms with Gasteiger partial charge < -0.3 is 5.73 Å². The number of aryl methyl sites for hydroxylation is 1. The second-order valence-electron chi connectivity index (χ2n) is 4.90. The third-order valence-electron chi connectivity index (χ3n) is 3.09. The molecule has 0 atom stereocenters. The summed E-state index contributed by atoms with van der Waals surface area (Å²) in [5.41, 5.74) is 8.11. The summed E-state index contributed by atoms with van der Waals surface area (Å²) in [6.45, 7) is 0.801. The van der Waals surface area contributed by atoms with Gasteiger partial charge in [-0.25, -0.2) is 13.1 Å². The Bertz CT molecular complexity index is 677. The number of nitrogens with one attached hydrogen (secondary N) is 1. The molecule has 0 aliphatic carbocycles. The van der Waals surface area contributed by atoms with Gasteiger partial charge in [0.1, 0.15) is 0 Å². The highest BCUT2D eigenvalue weighted by atomic mass is 32.2. The van der Waals surface area contributed by atoms with E-state index < -0.39 is 10.0 Å². The number of sulfonamides is 1. The van der Waals surface area contributed by atoms with Gasteiger partial charge in [0.25, 0.3) is 0 Å². The van der Waals surface area contributed by atoms with Crippen LogP contribution in [0.15, 0.2) is 36.5 Å². The molecule has 0 bridgehead atoms. The van der Waals surface area contributed by atoms with Crippen molar-refractivity contribution in [3.8, 4) is 0 Å². The zero-order valence-electron chi connectivity index (χ0n) is 12.0. The van der Waals surface area contributed by atoms with E-state index in [9.17, 15) is 8.42 Å². The maximum atomic E-state index is 12.0. The molecule has 0 radical (unpaired) electrons. The normalized spacial score (nSPS) is 11.7. The van der Waals surface area contributed by atoms with Gasteiger partial charge in [-0.1, -0.05) is 24.3 Å². The highest BCUT2D eigenvalue weighted by Crippen LogP contribution is 2.07.